The molecule has 0 atom stereocenters. The molecule has 1 aromatic heterocycles. The van der Waals surface area contributed by atoms with Crippen molar-refractivity contribution in [1.82, 2.24) is 15.5 Å². The molecule has 1 aliphatic rings. The average molecular weight is 265 g/mol. The zero-order valence-electron chi connectivity index (χ0n) is 11.0. The highest BCUT2D eigenvalue weighted by molar-refractivity contribution is 5.94. The predicted molar refractivity (Wildman–Crippen MR) is 77.3 cm³/mol. The van der Waals surface area contributed by atoms with Crippen LogP contribution in [0.3, 0.4) is 0 Å². The van der Waals surface area contributed by atoms with E-state index >= 15 is 0 Å². The molecule has 1 aliphatic heterocycles. The number of aromatic nitrogens is 2. The number of nitrogens with one attached hydrogen (secondary N) is 1. The van der Waals surface area contributed by atoms with Crippen LogP contribution in [0.1, 0.15) is 5.89 Å². The van der Waals surface area contributed by atoms with E-state index in [1.54, 1.807) is 0 Å². The minimum absolute atomic E-state index is 0.635. The van der Waals surface area contributed by atoms with E-state index in [4.69, 9.17) is 4.52 Å². The molecule has 4 heteroatoms. The van der Waals surface area contributed by atoms with E-state index in [1.165, 1.54) is 5.39 Å². The van der Waals surface area contributed by atoms with Crippen molar-refractivity contribution in [3.05, 3.63) is 48.4 Å². The Kier molecular flexibility index (Phi) is 2.74. The van der Waals surface area contributed by atoms with Crippen molar-refractivity contribution in [2.75, 3.05) is 13.1 Å². The molecule has 1 saturated heterocycles. The van der Waals surface area contributed by atoms with E-state index in [0.717, 1.165) is 36.4 Å². The normalized spacial score (nSPS) is 15.4. The smallest absolute Gasteiger partial charge is 0.227 e. The van der Waals surface area contributed by atoms with Crippen molar-refractivity contribution in [1.29, 1.82) is 0 Å². The topological polar surface area (TPSA) is 51.0 Å². The molecule has 4 nitrogen and oxygen atoms in total. The number of rotatable bonds is 3. The highest BCUT2D eigenvalue weighted by Gasteiger charge is 2.20. The average Bonchev–Trinajstić information content (AvgIpc) is 2.91. The molecule has 2 aromatic carbocycles. The number of hydrogen-bond acceptors (Lipinski definition) is 4. The molecule has 0 spiro atoms. The maximum absolute atomic E-state index is 5.39. The first-order valence-corrected chi connectivity index (χ1v) is 6.91. The van der Waals surface area contributed by atoms with Gasteiger partial charge in [-0.25, -0.2) is 0 Å². The van der Waals surface area contributed by atoms with Gasteiger partial charge in [-0.3, -0.25) is 0 Å². The largest absolute Gasteiger partial charge is 0.339 e. The van der Waals surface area contributed by atoms with Gasteiger partial charge in [-0.15, -0.1) is 0 Å². The summed E-state index contributed by atoms with van der Waals surface area (Å²) in [6.07, 6.45) is 0.866. The number of hydrogen-bond donors (Lipinski definition) is 1. The summed E-state index contributed by atoms with van der Waals surface area (Å²) in [7, 11) is 0. The highest BCUT2D eigenvalue weighted by Crippen LogP contribution is 2.26. The van der Waals surface area contributed by atoms with Crippen LogP contribution in [0.15, 0.2) is 47.0 Å². The SMILES string of the molecule is c1ccc2c(-c3noc(CC4CNC4)n3)cccc2c1. The van der Waals surface area contributed by atoms with Crippen molar-refractivity contribution in [3.63, 3.8) is 0 Å². The molecule has 0 amide bonds. The van der Waals surface area contributed by atoms with E-state index < -0.39 is 0 Å². The minimum atomic E-state index is 0.635. The summed E-state index contributed by atoms with van der Waals surface area (Å²) < 4.78 is 5.39. The number of nitrogens with zero attached hydrogens (tertiary/aromatic N) is 2. The lowest BCUT2D eigenvalue weighted by atomic mass is 9.99. The summed E-state index contributed by atoms with van der Waals surface area (Å²) in [5.74, 6) is 2.05. The van der Waals surface area contributed by atoms with Crippen molar-refractivity contribution >= 4 is 10.8 Å². The summed E-state index contributed by atoms with van der Waals surface area (Å²) in [5, 5.41) is 9.75. The van der Waals surface area contributed by atoms with Gasteiger partial charge in [-0.2, -0.15) is 4.98 Å². The molecule has 20 heavy (non-hydrogen) atoms. The van der Waals surface area contributed by atoms with Crippen LogP contribution in [0.2, 0.25) is 0 Å². The lowest BCUT2D eigenvalue weighted by Gasteiger charge is -2.25. The van der Waals surface area contributed by atoms with Crippen molar-refractivity contribution in [2.45, 2.75) is 6.42 Å². The molecule has 0 aliphatic carbocycles. The van der Waals surface area contributed by atoms with Crippen molar-refractivity contribution in [3.8, 4) is 11.4 Å². The second kappa shape index (κ2) is 4.72. The van der Waals surface area contributed by atoms with Crippen LogP contribution in [0.4, 0.5) is 0 Å². The van der Waals surface area contributed by atoms with Crippen LogP contribution in [0.25, 0.3) is 22.2 Å². The molecule has 1 N–H and O–H groups in total. The van der Waals surface area contributed by atoms with Crippen LogP contribution >= 0.6 is 0 Å². The second-order valence-electron chi connectivity index (χ2n) is 5.27. The first-order valence-electron chi connectivity index (χ1n) is 6.91. The van der Waals surface area contributed by atoms with Gasteiger partial charge in [0.25, 0.3) is 0 Å². The molecule has 0 saturated carbocycles. The maximum atomic E-state index is 5.39. The van der Waals surface area contributed by atoms with Crippen LogP contribution in [-0.2, 0) is 6.42 Å². The van der Waals surface area contributed by atoms with Crippen LogP contribution < -0.4 is 5.32 Å². The summed E-state index contributed by atoms with van der Waals surface area (Å²) in [5.41, 5.74) is 1.03. The quantitative estimate of drug-likeness (QED) is 0.791. The molecule has 1 fully saturated rings. The summed E-state index contributed by atoms with van der Waals surface area (Å²) >= 11 is 0. The van der Waals surface area contributed by atoms with Gasteiger partial charge in [0.05, 0.1) is 0 Å². The molecule has 0 radical (unpaired) electrons. The Balaban J connectivity index is 1.71. The molecular weight excluding hydrogens is 250 g/mol. The molecule has 2 heterocycles. The van der Waals surface area contributed by atoms with E-state index in [-0.39, 0.29) is 0 Å². The Hall–Kier alpha value is -2.20. The fraction of sp³-hybridized carbons (Fsp3) is 0.250. The van der Waals surface area contributed by atoms with E-state index in [2.05, 4.69) is 33.7 Å². The zero-order valence-corrected chi connectivity index (χ0v) is 11.0. The molecule has 0 bridgehead atoms. The summed E-state index contributed by atoms with van der Waals surface area (Å²) in [4.78, 5) is 4.55. The van der Waals surface area contributed by atoms with Gasteiger partial charge in [0, 0.05) is 12.0 Å². The van der Waals surface area contributed by atoms with Crippen LogP contribution in [0.5, 0.6) is 0 Å². The summed E-state index contributed by atoms with van der Waals surface area (Å²) in [6.45, 7) is 2.10. The van der Waals surface area contributed by atoms with Crippen molar-refractivity contribution < 1.29 is 4.52 Å². The third kappa shape index (κ3) is 1.98. The fourth-order valence-electron chi connectivity index (χ4n) is 2.61. The zero-order chi connectivity index (χ0) is 13.4. The maximum Gasteiger partial charge on any atom is 0.227 e. The first kappa shape index (κ1) is 11.6. The Bertz CT molecular complexity index is 741. The van der Waals surface area contributed by atoms with E-state index in [0.29, 0.717) is 11.7 Å². The third-order valence-electron chi connectivity index (χ3n) is 3.83. The van der Waals surface area contributed by atoms with Gasteiger partial charge in [0.1, 0.15) is 0 Å². The molecule has 4 rings (SSSR count). The van der Waals surface area contributed by atoms with Crippen molar-refractivity contribution in [2.24, 2.45) is 5.92 Å². The van der Waals surface area contributed by atoms with Gasteiger partial charge < -0.3 is 9.84 Å². The summed E-state index contributed by atoms with van der Waals surface area (Å²) in [6, 6.07) is 14.4. The molecular formula is C16H15N3O. The first-order chi connectivity index (χ1) is 9.90. The van der Waals surface area contributed by atoms with Gasteiger partial charge in [-0.1, -0.05) is 47.6 Å². The van der Waals surface area contributed by atoms with Crippen LogP contribution in [0, 0.1) is 5.92 Å². The lowest BCUT2D eigenvalue weighted by molar-refractivity contribution is 0.296. The minimum Gasteiger partial charge on any atom is -0.339 e. The van der Waals surface area contributed by atoms with E-state index in [9.17, 15) is 0 Å². The number of benzene rings is 2. The fourth-order valence-corrected chi connectivity index (χ4v) is 2.61. The predicted octanol–water partition coefficient (Wildman–Crippen LogP) is 2.65. The Labute approximate surface area is 116 Å². The van der Waals surface area contributed by atoms with Gasteiger partial charge in [-0.05, 0) is 29.8 Å². The highest BCUT2D eigenvalue weighted by atomic mass is 16.5. The standard InChI is InChI=1S/C16H15N3O/c1-2-6-13-12(4-1)5-3-7-14(13)16-18-15(20-19-16)8-11-9-17-10-11/h1-7,11,17H,8-10H2. The molecule has 3 aromatic rings. The van der Waals surface area contributed by atoms with Gasteiger partial charge in [0.2, 0.25) is 11.7 Å². The molecule has 0 unspecified atom stereocenters. The Morgan fingerprint density at radius 3 is 2.80 bits per heavy atom. The van der Waals surface area contributed by atoms with E-state index in [1.807, 2.05) is 24.3 Å². The lowest BCUT2D eigenvalue weighted by Crippen LogP contribution is -2.43. The Morgan fingerprint density at radius 1 is 1.10 bits per heavy atom. The molecule has 100 valence electrons. The van der Waals surface area contributed by atoms with Gasteiger partial charge >= 0.3 is 0 Å². The number of fused-ring (bicyclic) bond motifs is 1. The monoisotopic (exact) mass is 265 g/mol. The third-order valence-corrected chi connectivity index (χ3v) is 3.83. The Morgan fingerprint density at radius 2 is 1.95 bits per heavy atom. The van der Waals surface area contributed by atoms with Gasteiger partial charge in [0.15, 0.2) is 0 Å². The second-order valence-corrected chi connectivity index (χ2v) is 5.27. The van der Waals surface area contributed by atoms with Crippen LogP contribution in [-0.4, -0.2) is 23.2 Å².